The van der Waals surface area contributed by atoms with Crippen LogP contribution in [0.25, 0.3) is 10.8 Å². The van der Waals surface area contributed by atoms with Crippen LogP contribution in [0.1, 0.15) is 63.8 Å². The molecule has 52 heavy (non-hydrogen) atoms. The van der Waals surface area contributed by atoms with Gasteiger partial charge in [-0.25, -0.2) is 4.99 Å². The number of hydrogen-bond acceptors (Lipinski definition) is 7. The first-order valence-corrected chi connectivity index (χ1v) is 17.1. The molecule has 0 bridgehead atoms. The SMILES string of the molecule is COc1ccc(CNC(=O)C(=NC(=O)C(Cc2ccc(C(C)(C)C(=O)OC(C)(C)C)cc2)NC(=O)Cc2ccc3ccccc3c2)C(C)=CN)cc1. The first kappa shape index (κ1) is 39.0. The molecule has 0 saturated heterocycles. The Morgan fingerprint density at radius 1 is 0.827 bits per heavy atom. The van der Waals surface area contributed by atoms with Gasteiger partial charge in [-0.3, -0.25) is 19.2 Å². The number of rotatable bonds is 13. The van der Waals surface area contributed by atoms with Crippen LogP contribution in [-0.2, 0) is 48.7 Å². The van der Waals surface area contributed by atoms with E-state index in [0.717, 1.165) is 27.5 Å². The van der Waals surface area contributed by atoms with Gasteiger partial charge >= 0.3 is 5.97 Å². The van der Waals surface area contributed by atoms with Crippen molar-refractivity contribution < 1.29 is 28.7 Å². The number of fused-ring (bicyclic) bond motifs is 1. The molecule has 1 unspecified atom stereocenters. The zero-order chi connectivity index (χ0) is 38.1. The summed E-state index contributed by atoms with van der Waals surface area (Å²) in [5.41, 5.74) is 7.36. The molecule has 272 valence electrons. The lowest BCUT2D eigenvalue weighted by atomic mass is 9.84. The summed E-state index contributed by atoms with van der Waals surface area (Å²) in [4.78, 5) is 57.9. The van der Waals surface area contributed by atoms with E-state index in [1.54, 1.807) is 64.3 Å². The molecule has 0 fully saturated rings. The third kappa shape index (κ3) is 10.6. The zero-order valence-electron chi connectivity index (χ0n) is 30.9. The number of esters is 1. The predicted molar refractivity (Wildman–Crippen MR) is 204 cm³/mol. The van der Waals surface area contributed by atoms with Gasteiger partial charge in [-0.05, 0) is 98.5 Å². The molecule has 1 atom stereocenters. The van der Waals surface area contributed by atoms with Crippen LogP contribution in [0, 0.1) is 0 Å². The van der Waals surface area contributed by atoms with Gasteiger partial charge in [0.05, 0.1) is 18.9 Å². The van der Waals surface area contributed by atoms with Gasteiger partial charge in [0.2, 0.25) is 5.91 Å². The summed E-state index contributed by atoms with van der Waals surface area (Å²) in [5, 5.41) is 7.69. The van der Waals surface area contributed by atoms with E-state index < -0.39 is 28.9 Å². The number of hydrogen-bond donors (Lipinski definition) is 3. The second-order valence-electron chi connectivity index (χ2n) is 14.2. The van der Waals surface area contributed by atoms with Crippen LogP contribution in [0.4, 0.5) is 0 Å². The van der Waals surface area contributed by atoms with E-state index >= 15 is 0 Å². The summed E-state index contributed by atoms with van der Waals surface area (Å²) < 4.78 is 10.8. The second kappa shape index (κ2) is 17.0. The minimum absolute atomic E-state index is 0.0261. The van der Waals surface area contributed by atoms with Crippen molar-refractivity contribution in [3.63, 3.8) is 0 Å². The molecule has 0 radical (unpaired) electrons. The molecular formula is C42H48N4O6. The smallest absolute Gasteiger partial charge is 0.316 e. The molecule has 4 aromatic carbocycles. The number of nitrogens with zero attached hydrogens (tertiary/aromatic N) is 1. The average molecular weight is 705 g/mol. The molecule has 4 aromatic rings. The first-order chi connectivity index (χ1) is 24.6. The van der Waals surface area contributed by atoms with Crippen molar-refractivity contribution in [3.8, 4) is 5.75 Å². The maximum Gasteiger partial charge on any atom is 0.316 e. The molecular weight excluding hydrogens is 656 g/mol. The molecule has 0 heterocycles. The maximum absolute atomic E-state index is 13.9. The first-order valence-electron chi connectivity index (χ1n) is 17.1. The molecule has 10 heteroatoms. The van der Waals surface area contributed by atoms with Gasteiger partial charge in [0.15, 0.2) is 0 Å². The van der Waals surface area contributed by atoms with Crippen LogP contribution in [-0.4, -0.2) is 48.2 Å². The Hall–Kier alpha value is -5.77. The van der Waals surface area contributed by atoms with E-state index in [-0.39, 0.29) is 42.5 Å². The highest BCUT2D eigenvalue weighted by molar-refractivity contribution is 6.46. The van der Waals surface area contributed by atoms with Crippen LogP contribution in [0.2, 0.25) is 0 Å². The van der Waals surface area contributed by atoms with Gasteiger partial charge < -0.3 is 25.8 Å². The van der Waals surface area contributed by atoms with E-state index in [2.05, 4.69) is 15.6 Å². The Morgan fingerprint density at radius 2 is 1.44 bits per heavy atom. The normalized spacial score (nSPS) is 12.9. The molecule has 0 aliphatic carbocycles. The standard InChI is InChI=1S/C42H48N4O6/c1-27(25-43)37(39(49)44-26-29-15-20-34(51-7)21-16-29)46-38(48)35(45-36(47)24-30-12-17-31-10-8-9-11-32(31)22-30)23-28-13-18-33(19-14-28)42(5,6)40(50)52-41(2,3)4/h8-22,25,35H,23-24,26,43H2,1-7H3,(H,44,49)(H,45,47). The fourth-order valence-electron chi connectivity index (χ4n) is 5.39. The Morgan fingerprint density at radius 3 is 2.06 bits per heavy atom. The molecule has 0 aliphatic heterocycles. The van der Waals surface area contributed by atoms with Crippen molar-refractivity contribution in [2.45, 2.75) is 78.0 Å². The fourth-order valence-corrected chi connectivity index (χ4v) is 5.39. The molecule has 4 rings (SSSR count). The third-order valence-corrected chi connectivity index (χ3v) is 8.51. The molecule has 4 N–H and O–H groups in total. The number of aliphatic imine (C=N–C) groups is 1. The van der Waals surface area contributed by atoms with Gasteiger partial charge in [-0.2, -0.15) is 0 Å². The van der Waals surface area contributed by atoms with Crippen LogP contribution in [0.5, 0.6) is 5.75 Å². The largest absolute Gasteiger partial charge is 0.497 e. The number of amides is 3. The molecule has 0 saturated carbocycles. The number of benzene rings is 4. The summed E-state index contributed by atoms with van der Waals surface area (Å²) >= 11 is 0. The van der Waals surface area contributed by atoms with Crippen LogP contribution < -0.4 is 21.1 Å². The van der Waals surface area contributed by atoms with E-state index in [1.165, 1.54) is 6.20 Å². The van der Waals surface area contributed by atoms with Crippen molar-refractivity contribution in [3.05, 3.63) is 125 Å². The number of ether oxygens (including phenoxy) is 2. The van der Waals surface area contributed by atoms with Crippen molar-refractivity contribution in [2.24, 2.45) is 10.7 Å². The molecule has 0 spiro atoms. The number of methoxy groups -OCH3 is 1. The highest BCUT2D eigenvalue weighted by Gasteiger charge is 2.34. The number of carbonyl (C=O) groups excluding carboxylic acids is 4. The minimum atomic E-state index is -1.12. The van der Waals surface area contributed by atoms with Crippen LogP contribution in [0.15, 0.2) is 108 Å². The molecule has 0 aliphatic rings. The summed E-state index contributed by atoms with van der Waals surface area (Å²) in [6.45, 7) is 10.8. The minimum Gasteiger partial charge on any atom is -0.497 e. The monoisotopic (exact) mass is 704 g/mol. The molecule has 0 aromatic heterocycles. The summed E-state index contributed by atoms with van der Waals surface area (Å²) in [7, 11) is 1.57. The van der Waals surface area contributed by atoms with E-state index in [1.807, 2.05) is 75.4 Å². The maximum atomic E-state index is 13.9. The van der Waals surface area contributed by atoms with Crippen LogP contribution >= 0.6 is 0 Å². The fraction of sp³-hybridized carbons (Fsp3) is 0.310. The Labute approximate surface area is 305 Å². The van der Waals surface area contributed by atoms with Gasteiger partial charge in [0, 0.05) is 13.0 Å². The van der Waals surface area contributed by atoms with Gasteiger partial charge in [0.1, 0.15) is 23.1 Å². The van der Waals surface area contributed by atoms with E-state index in [9.17, 15) is 19.2 Å². The van der Waals surface area contributed by atoms with Crippen LogP contribution in [0.3, 0.4) is 0 Å². The average Bonchev–Trinajstić information content (AvgIpc) is 3.11. The number of carbonyl (C=O) groups is 4. The lowest BCUT2D eigenvalue weighted by Gasteiger charge is -2.29. The number of nitrogens with two attached hydrogens (primary N) is 1. The topological polar surface area (TPSA) is 149 Å². The van der Waals surface area contributed by atoms with Crippen molar-refractivity contribution in [2.75, 3.05) is 7.11 Å². The Balaban J connectivity index is 1.59. The second-order valence-corrected chi connectivity index (χ2v) is 14.2. The quantitative estimate of drug-likeness (QED) is 0.116. The Kier molecular flexibility index (Phi) is 12.7. The van der Waals surface area contributed by atoms with Gasteiger partial charge in [-0.1, -0.05) is 78.9 Å². The highest BCUT2D eigenvalue weighted by atomic mass is 16.6. The Bertz CT molecular complexity index is 1970. The van der Waals surface area contributed by atoms with Gasteiger partial charge in [-0.15, -0.1) is 0 Å². The lowest BCUT2D eigenvalue weighted by molar-refractivity contribution is -0.160. The van der Waals surface area contributed by atoms with Gasteiger partial charge in [0.25, 0.3) is 11.8 Å². The number of nitrogens with one attached hydrogen (secondary N) is 2. The lowest BCUT2D eigenvalue weighted by Crippen LogP contribution is -2.43. The van der Waals surface area contributed by atoms with E-state index in [4.69, 9.17) is 15.2 Å². The predicted octanol–water partition coefficient (Wildman–Crippen LogP) is 5.88. The van der Waals surface area contributed by atoms with Crippen molar-refractivity contribution >= 4 is 40.2 Å². The summed E-state index contributed by atoms with van der Waals surface area (Å²) in [6, 6.07) is 26.9. The molecule has 3 amide bonds. The van der Waals surface area contributed by atoms with Crippen molar-refractivity contribution in [1.82, 2.24) is 10.6 Å². The summed E-state index contributed by atoms with van der Waals surface area (Å²) in [6.07, 6.45) is 1.31. The van der Waals surface area contributed by atoms with E-state index in [0.29, 0.717) is 11.3 Å². The highest BCUT2D eigenvalue weighted by Crippen LogP contribution is 2.28. The zero-order valence-corrected chi connectivity index (χ0v) is 30.9. The van der Waals surface area contributed by atoms with Crippen molar-refractivity contribution in [1.29, 1.82) is 0 Å². The third-order valence-electron chi connectivity index (χ3n) is 8.51. The summed E-state index contributed by atoms with van der Waals surface area (Å²) in [5.74, 6) is -1.39. The molecule has 10 nitrogen and oxygen atoms in total.